The average Bonchev–Trinajstić information content (AvgIpc) is 2.96. The van der Waals surface area contributed by atoms with Crippen LogP contribution in [0.3, 0.4) is 0 Å². The maximum absolute atomic E-state index is 12.9. The highest BCUT2D eigenvalue weighted by molar-refractivity contribution is 7.91. The van der Waals surface area contributed by atoms with Crippen LogP contribution in [0.25, 0.3) is 0 Å². The van der Waals surface area contributed by atoms with Crippen LogP contribution in [-0.2, 0) is 28.8 Å². The number of hydrogen-bond donors (Lipinski definition) is 0. The van der Waals surface area contributed by atoms with Gasteiger partial charge in [-0.2, -0.15) is 18.3 Å². The van der Waals surface area contributed by atoms with Gasteiger partial charge in [-0.25, -0.2) is 8.42 Å². The number of alkyl halides is 3. The van der Waals surface area contributed by atoms with Crippen molar-refractivity contribution in [1.82, 2.24) is 9.78 Å². The Morgan fingerprint density at radius 3 is 2.62 bits per heavy atom. The predicted molar refractivity (Wildman–Crippen MR) is 73.6 cm³/mol. The molecule has 0 bridgehead atoms. The number of aryl methyl sites for hydroxylation is 1. The standard InChI is InChI=1S/C12H13F3N2O2S2/c1-8(10-4-3-5-20-10)21(18,19)7-9-6-16-17(2)11(9)12(13,14)15/h3-6,8H,7H2,1-2H3. The van der Waals surface area contributed by atoms with E-state index in [2.05, 4.69) is 5.10 Å². The van der Waals surface area contributed by atoms with Crippen LogP contribution in [0.4, 0.5) is 13.2 Å². The summed E-state index contributed by atoms with van der Waals surface area (Å²) >= 11 is 1.26. The summed E-state index contributed by atoms with van der Waals surface area (Å²) in [6.45, 7) is 1.48. The van der Waals surface area contributed by atoms with Gasteiger partial charge in [0, 0.05) is 17.5 Å². The van der Waals surface area contributed by atoms with E-state index in [1.54, 1.807) is 17.5 Å². The molecule has 1 atom stereocenters. The first-order chi connectivity index (χ1) is 9.63. The summed E-state index contributed by atoms with van der Waals surface area (Å²) in [4.78, 5) is 0.604. The molecule has 21 heavy (non-hydrogen) atoms. The topological polar surface area (TPSA) is 52.0 Å². The second-order valence-corrected chi connectivity index (χ2v) is 7.91. The van der Waals surface area contributed by atoms with Crippen molar-refractivity contribution in [2.75, 3.05) is 0 Å². The molecule has 0 aliphatic heterocycles. The maximum atomic E-state index is 12.9. The van der Waals surface area contributed by atoms with Gasteiger partial charge >= 0.3 is 6.18 Å². The zero-order valence-electron chi connectivity index (χ0n) is 11.3. The highest BCUT2D eigenvalue weighted by Crippen LogP contribution is 2.34. The van der Waals surface area contributed by atoms with E-state index in [0.717, 1.165) is 13.2 Å². The van der Waals surface area contributed by atoms with Gasteiger partial charge in [0.1, 0.15) is 5.69 Å². The summed E-state index contributed by atoms with van der Waals surface area (Å²) in [5.41, 5.74) is -1.35. The second kappa shape index (κ2) is 5.45. The molecule has 2 aromatic heterocycles. The molecule has 0 saturated heterocycles. The highest BCUT2D eigenvalue weighted by Gasteiger charge is 2.39. The first-order valence-corrected chi connectivity index (χ1v) is 8.55. The minimum Gasteiger partial charge on any atom is -0.263 e. The molecule has 2 rings (SSSR count). The third-order valence-corrected chi connectivity index (χ3v) is 6.37. The number of thiophene rings is 1. The molecule has 0 saturated carbocycles. The normalized spacial score (nSPS) is 14.3. The monoisotopic (exact) mass is 338 g/mol. The van der Waals surface area contributed by atoms with Crippen molar-refractivity contribution in [3.05, 3.63) is 39.8 Å². The van der Waals surface area contributed by atoms with E-state index in [9.17, 15) is 21.6 Å². The SMILES string of the molecule is CC(c1cccs1)S(=O)(=O)Cc1cnn(C)c1C(F)(F)F. The van der Waals surface area contributed by atoms with Crippen LogP contribution in [0.15, 0.2) is 23.7 Å². The first-order valence-electron chi connectivity index (χ1n) is 5.96. The third kappa shape index (κ3) is 3.29. The molecule has 0 amide bonds. The van der Waals surface area contributed by atoms with Crippen LogP contribution in [0.1, 0.15) is 28.3 Å². The summed E-state index contributed by atoms with van der Waals surface area (Å²) in [7, 11) is -2.61. The third-order valence-electron chi connectivity index (χ3n) is 3.12. The minimum atomic E-state index is -4.64. The molecule has 9 heteroatoms. The van der Waals surface area contributed by atoms with E-state index in [0.29, 0.717) is 9.56 Å². The fraction of sp³-hybridized carbons (Fsp3) is 0.417. The molecule has 1 unspecified atom stereocenters. The Bertz CT molecular complexity index is 718. The number of sulfone groups is 1. The number of aromatic nitrogens is 2. The Kier molecular flexibility index (Phi) is 4.16. The van der Waals surface area contributed by atoms with Gasteiger partial charge in [0.05, 0.1) is 17.2 Å². The highest BCUT2D eigenvalue weighted by atomic mass is 32.2. The Morgan fingerprint density at radius 1 is 1.43 bits per heavy atom. The molecule has 0 aromatic carbocycles. The lowest BCUT2D eigenvalue weighted by molar-refractivity contribution is -0.144. The zero-order valence-corrected chi connectivity index (χ0v) is 12.9. The van der Waals surface area contributed by atoms with E-state index in [4.69, 9.17) is 0 Å². The van der Waals surface area contributed by atoms with Gasteiger partial charge in [-0.1, -0.05) is 6.07 Å². The van der Waals surface area contributed by atoms with Gasteiger partial charge in [-0.05, 0) is 18.4 Å². The van der Waals surface area contributed by atoms with E-state index < -0.39 is 32.7 Å². The maximum Gasteiger partial charge on any atom is 0.433 e. The van der Waals surface area contributed by atoms with Crippen molar-refractivity contribution in [2.24, 2.45) is 7.05 Å². The van der Waals surface area contributed by atoms with Crippen LogP contribution in [0, 0.1) is 0 Å². The summed E-state index contributed by atoms with van der Waals surface area (Å²) in [5.74, 6) is -0.686. The molecule has 0 spiro atoms. The Balaban J connectivity index is 2.34. The second-order valence-electron chi connectivity index (χ2n) is 4.60. The van der Waals surface area contributed by atoms with Crippen molar-refractivity contribution >= 4 is 21.2 Å². The smallest absolute Gasteiger partial charge is 0.263 e. The van der Waals surface area contributed by atoms with Gasteiger partial charge in [-0.15, -0.1) is 11.3 Å². The molecule has 2 aromatic rings. The summed E-state index contributed by atoms with van der Waals surface area (Å²) in [6, 6.07) is 3.36. The van der Waals surface area contributed by atoms with E-state index >= 15 is 0 Å². The molecule has 0 N–H and O–H groups in total. The molecule has 4 nitrogen and oxygen atoms in total. The molecule has 0 aliphatic carbocycles. The fourth-order valence-electron chi connectivity index (χ4n) is 2.00. The Labute approximate surface area is 124 Å². The summed E-state index contributed by atoms with van der Waals surface area (Å²) in [6.07, 6.45) is -3.68. The molecule has 0 aliphatic rings. The molecule has 0 fully saturated rings. The Morgan fingerprint density at radius 2 is 2.10 bits per heavy atom. The molecule has 0 radical (unpaired) electrons. The fourth-order valence-corrected chi connectivity index (χ4v) is 4.59. The van der Waals surface area contributed by atoms with Crippen LogP contribution in [-0.4, -0.2) is 18.2 Å². The quantitative estimate of drug-likeness (QED) is 0.860. The van der Waals surface area contributed by atoms with Gasteiger partial charge in [0.25, 0.3) is 0 Å². The van der Waals surface area contributed by atoms with E-state index in [-0.39, 0.29) is 5.56 Å². The molecular formula is C12H13F3N2O2S2. The number of hydrogen-bond acceptors (Lipinski definition) is 4. The lowest BCUT2D eigenvalue weighted by Gasteiger charge is -2.13. The average molecular weight is 338 g/mol. The summed E-state index contributed by atoms with van der Waals surface area (Å²) < 4.78 is 64.0. The van der Waals surface area contributed by atoms with E-state index in [1.165, 1.54) is 18.3 Å². The van der Waals surface area contributed by atoms with Crippen LogP contribution in [0.2, 0.25) is 0 Å². The zero-order chi connectivity index (χ0) is 15.8. The van der Waals surface area contributed by atoms with Gasteiger partial charge in [0.15, 0.2) is 9.84 Å². The number of rotatable bonds is 4. The number of nitrogens with zero attached hydrogens (tertiary/aromatic N) is 2. The van der Waals surface area contributed by atoms with Crippen LogP contribution >= 0.6 is 11.3 Å². The van der Waals surface area contributed by atoms with Gasteiger partial charge in [0.2, 0.25) is 0 Å². The summed E-state index contributed by atoms with van der Waals surface area (Å²) in [5, 5.41) is 4.40. The molecule has 2 heterocycles. The van der Waals surface area contributed by atoms with Crippen LogP contribution in [0.5, 0.6) is 0 Å². The number of halogens is 3. The predicted octanol–water partition coefficient (Wildman–Crippen LogP) is 3.18. The lowest BCUT2D eigenvalue weighted by Crippen LogP contribution is -2.18. The first kappa shape index (κ1) is 16.0. The molecular weight excluding hydrogens is 325 g/mol. The molecule has 116 valence electrons. The van der Waals surface area contributed by atoms with Crippen molar-refractivity contribution < 1.29 is 21.6 Å². The van der Waals surface area contributed by atoms with Gasteiger partial charge in [-0.3, -0.25) is 4.68 Å². The van der Waals surface area contributed by atoms with Crippen LogP contribution < -0.4 is 0 Å². The van der Waals surface area contributed by atoms with Crippen molar-refractivity contribution in [1.29, 1.82) is 0 Å². The largest absolute Gasteiger partial charge is 0.433 e. The van der Waals surface area contributed by atoms with Crippen molar-refractivity contribution in [3.8, 4) is 0 Å². The van der Waals surface area contributed by atoms with Crippen molar-refractivity contribution in [3.63, 3.8) is 0 Å². The minimum absolute atomic E-state index is 0.326. The van der Waals surface area contributed by atoms with Crippen molar-refractivity contribution in [2.45, 2.75) is 24.1 Å². The van der Waals surface area contributed by atoms with E-state index in [1.807, 2.05) is 0 Å². The lowest BCUT2D eigenvalue weighted by atomic mass is 10.3. The van der Waals surface area contributed by atoms with Gasteiger partial charge < -0.3 is 0 Å². The Hall–Kier alpha value is -1.35.